The number of nitrogens with one attached hydrogen (secondary N) is 1. The molecule has 0 unspecified atom stereocenters. The van der Waals surface area contributed by atoms with Crippen LogP contribution in [0, 0.1) is 5.92 Å². The van der Waals surface area contributed by atoms with Gasteiger partial charge in [0.2, 0.25) is 0 Å². The molecular weight excluding hydrogens is 316 g/mol. The van der Waals surface area contributed by atoms with E-state index in [4.69, 9.17) is 11.6 Å². The molecule has 0 amide bonds. The van der Waals surface area contributed by atoms with E-state index >= 15 is 0 Å². The van der Waals surface area contributed by atoms with Crippen molar-refractivity contribution in [2.45, 2.75) is 12.8 Å². The summed E-state index contributed by atoms with van der Waals surface area (Å²) in [6.07, 6.45) is 3.04. The predicted octanol–water partition coefficient (Wildman–Crippen LogP) is 3.17. The molecule has 2 aromatic rings. The Balaban J connectivity index is 1.75. The van der Waals surface area contributed by atoms with Gasteiger partial charge in [-0.1, -0.05) is 17.7 Å². The van der Waals surface area contributed by atoms with Gasteiger partial charge in [-0.3, -0.25) is 4.79 Å². The molecule has 23 heavy (non-hydrogen) atoms. The van der Waals surface area contributed by atoms with Gasteiger partial charge in [0.1, 0.15) is 18.0 Å². The molecule has 1 aliphatic rings. The molecule has 2 N–H and O–H groups in total. The summed E-state index contributed by atoms with van der Waals surface area (Å²) in [6.45, 7) is 1.28. The molecule has 0 radical (unpaired) electrons. The van der Waals surface area contributed by atoms with Crippen LogP contribution in [0.25, 0.3) is 0 Å². The van der Waals surface area contributed by atoms with E-state index in [2.05, 4.69) is 15.3 Å². The maximum atomic E-state index is 11.2. The van der Waals surface area contributed by atoms with Gasteiger partial charge in [0.25, 0.3) is 0 Å². The smallest absolute Gasteiger partial charge is 0.308 e. The average molecular weight is 333 g/mol. The number of aliphatic carboxylic acids is 1. The quantitative estimate of drug-likeness (QED) is 0.895. The summed E-state index contributed by atoms with van der Waals surface area (Å²) in [5, 5.41) is 13.0. The lowest BCUT2D eigenvalue weighted by Crippen LogP contribution is -2.39. The van der Waals surface area contributed by atoms with Crippen molar-refractivity contribution in [1.82, 2.24) is 9.97 Å². The van der Waals surface area contributed by atoms with Crippen LogP contribution in [0.2, 0.25) is 5.02 Å². The Labute approximate surface area is 139 Å². The number of carbonyl (C=O) groups is 1. The number of nitrogens with zero attached hydrogens (tertiary/aromatic N) is 3. The molecule has 0 aliphatic carbocycles. The Morgan fingerprint density at radius 2 is 2.22 bits per heavy atom. The normalized spacial score (nSPS) is 17.8. The number of hydrogen-bond donors (Lipinski definition) is 2. The first-order valence-electron chi connectivity index (χ1n) is 7.44. The molecule has 1 atom stereocenters. The van der Waals surface area contributed by atoms with Gasteiger partial charge >= 0.3 is 5.97 Å². The zero-order valence-electron chi connectivity index (χ0n) is 12.4. The molecule has 6 nitrogen and oxygen atoms in total. The highest BCUT2D eigenvalue weighted by atomic mass is 35.5. The van der Waals surface area contributed by atoms with Gasteiger partial charge < -0.3 is 15.3 Å². The predicted molar refractivity (Wildman–Crippen MR) is 89.3 cm³/mol. The first kappa shape index (κ1) is 15.6. The lowest BCUT2D eigenvalue weighted by molar-refractivity contribution is -0.141. The first-order chi connectivity index (χ1) is 11.1. The lowest BCUT2D eigenvalue weighted by atomic mass is 9.98. The fourth-order valence-electron chi connectivity index (χ4n) is 2.69. The van der Waals surface area contributed by atoms with Gasteiger partial charge in [-0.15, -0.1) is 0 Å². The van der Waals surface area contributed by atoms with Crippen molar-refractivity contribution < 1.29 is 9.90 Å². The Hall–Kier alpha value is -2.34. The molecule has 1 aromatic carbocycles. The zero-order chi connectivity index (χ0) is 16.2. The van der Waals surface area contributed by atoms with E-state index in [-0.39, 0.29) is 5.92 Å². The van der Waals surface area contributed by atoms with Crippen molar-refractivity contribution in [3.8, 4) is 0 Å². The van der Waals surface area contributed by atoms with E-state index in [9.17, 15) is 9.90 Å². The van der Waals surface area contributed by atoms with Gasteiger partial charge in [-0.2, -0.15) is 0 Å². The maximum Gasteiger partial charge on any atom is 0.308 e. The summed E-state index contributed by atoms with van der Waals surface area (Å²) in [6, 6.07) is 9.19. The molecule has 120 valence electrons. The van der Waals surface area contributed by atoms with Gasteiger partial charge in [0, 0.05) is 29.9 Å². The third kappa shape index (κ3) is 3.90. The van der Waals surface area contributed by atoms with Gasteiger partial charge in [-0.25, -0.2) is 9.97 Å². The Kier molecular flexibility index (Phi) is 4.62. The fourth-order valence-corrected chi connectivity index (χ4v) is 2.88. The number of hydrogen-bond acceptors (Lipinski definition) is 5. The summed E-state index contributed by atoms with van der Waals surface area (Å²) in [7, 11) is 0. The number of halogens is 1. The third-order valence-corrected chi connectivity index (χ3v) is 4.08. The molecule has 3 rings (SSSR count). The molecule has 2 heterocycles. The van der Waals surface area contributed by atoms with Gasteiger partial charge in [0.05, 0.1) is 5.92 Å². The highest BCUT2D eigenvalue weighted by molar-refractivity contribution is 6.30. The van der Waals surface area contributed by atoms with Crippen molar-refractivity contribution in [2.75, 3.05) is 23.3 Å². The van der Waals surface area contributed by atoms with Crippen LogP contribution >= 0.6 is 11.6 Å². The minimum absolute atomic E-state index is 0.344. The minimum atomic E-state index is -0.749. The number of benzene rings is 1. The summed E-state index contributed by atoms with van der Waals surface area (Å²) >= 11 is 5.97. The molecule has 1 saturated heterocycles. The van der Waals surface area contributed by atoms with Crippen molar-refractivity contribution >= 4 is 34.9 Å². The van der Waals surface area contributed by atoms with Crippen LogP contribution < -0.4 is 10.2 Å². The van der Waals surface area contributed by atoms with Crippen molar-refractivity contribution in [3.63, 3.8) is 0 Å². The molecule has 7 heteroatoms. The zero-order valence-corrected chi connectivity index (χ0v) is 13.2. The number of anilines is 3. The van der Waals surface area contributed by atoms with E-state index in [0.29, 0.717) is 23.8 Å². The number of carboxylic acid groups (broad SMARTS) is 1. The topological polar surface area (TPSA) is 78.4 Å². The molecule has 1 aliphatic heterocycles. The second kappa shape index (κ2) is 6.83. The molecule has 0 saturated carbocycles. The Bertz CT molecular complexity index is 710. The summed E-state index contributed by atoms with van der Waals surface area (Å²) in [5.41, 5.74) is 0.837. The highest BCUT2D eigenvalue weighted by Gasteiger charge is 2.26. The van der Waals surface area contributed by atoms with Crippen molar-refractivity contribution in [3.05, 3.63) is 41.7 Å². The van der Waals surface area contributed by atoms with Crippen molar-refractivity contribution in [2.24, 2.45) is 5.92 Å². The SMILES string of the molecule is O=C(O)[C@H]1CCCN(c2cc(Nc3cccc(Cl)c3)ncn2)C1. The van der Waals surface area contributed by atoms with Crippen LogP contribution in [0.15, 0.2) is 36.7 Å². The second-order valence-corrected chi connectivity index (χ2v) is 5.96. The van der Waals surface area contributed by atoms with Crippen LogP contribution in [0.5, 0.6) is 0 Å². The fraction of sp³-hybridized carbons (Fsp3) is 0.312. The Morgan fingerprint density at radius 1 is 1.35 bits per heavy atom. The average Bonchev–Trinajstić information content (AvgIpc) is 2.55. The summed E-state index contributed by atoms with van der Waals surface area (Å²) in [4.78, 5) is 21.7. The Morgan fingerprint density at radius 3 is 3.00 bits per heavy atom. The standard InChI is InChI=1S/C16H17ClN4O2/c17-12-4-1-5-13(7-12)20-14-8-15(19-10-18-14)21-6-2-3-11(9-21)16(22)23/h1,4-5,7-8,10-11H,2-3,6,9H2,(H,22,23)(H,18,19,20)/t11-/m0/s1. The van der Waals surface area contributed by atoms with E-state index in [1.54, 1.807) is 6.07 Å². The number of rotatable bonds is 4. The number of carboxylic acids is 1. The molecule has 0 spiro atoms. The van der Waals surface area contributed by atoms with E-state index in [1.807, 2.05) is 29.2 Å². The van der Waals surface area contributed by atoms with E-state index in [1.165, 1.54) is 6.33 Å². The first-order valence-corrected chi connectivity index (χ1v) is 7.82. The monoisotopic (exact) mass is 332 g/mol. The molecular formula is C16H17ClN4O2. The minimum Gasteiger partial charge on any atom is -0.481 e. The molecule has 1 fully saturated rings. The summed E-state index contributed by atoms with van der Waals surface area (Å²) in [5.74, 6) is 0.286. The summed E-state index contributed by atoms with van der Waals surface area (Å²) < 4.78 is 0. The third-order valence-electron chi connectivity index (χ3n) is 3.84. The molecule has 0 bridgehead atoms. The second-order valence-electron chi connectivity index (χ2n) is 5.52. The molecule has 1 aromatic heterocycles. The largest absolute Gasteiger partial charge is 0.481 e. The van der Waals surface area contributed by atoms with E-state index < -0.39 is 5.97 Å². The van der Waals surface area contributed by atoms with Crippen LogP contribution in [-0.2, 0) is 4.79 Å². The van der Waals surface area contributed by atoms with Crippen LogP contribution in [0.4, 0.5) is 17.3 Å². The van der Waals surface area contributed by atoms with Crippen molar-refractivity contribution in [1.29, 1.82) is 0 Å². The van der Waals surface area contributed by atoms with E-state index in [0.717, 1.165) is 24.5 Å². The lowest BCUT2D eigenvalue weighted by Gasteiger charge is -2.31. The maximum absolute atomic E-state index is 11.2. The number of aromatic nitrogens is 2. The highest BCUT2D eigenvalue weighted by Crippen LogP contribution is 2.24. The van der Waals surface area contributed by atoms with Gasteiger partial charge in [0.15, 0.2) is 0 Å². The van der Waals surface area contributed by atoms with Crippen LogP contribution in [0.3, 0.4) is 0 Å². The number of piperidine rings is 1. The van der Waals surface area contributed by atoms with Gasteiger partial charge in [-0.05, 0) is 31.0 Å². The van der Waals surface area contributed by atoms with Crippen LogP contribution in [0.1, 0.15) is 12.8 Å². The van der Waals surface area contributed by atoms with Crippen LogP contribution in [-0.4, -0.2) is 34.1 Å².